The summed E-state index contributed by atoms with van der Waals surface area (Å²) in [5, 5.41) is 9.30. The van der Waals surface area contributed by atoms with Crippen LogP contribution in [-0.4, -0.2) is 55.5 Å². The third-order valence-corrected chi connectivity index (χ3v) is 5.32. The SMILES string of the molecule is C[C@H]1C[C@@H](C(=O)Nc2ccc(C(=O)NCCN3CCCC3)cc2)CCN1.Cl.Cl. The summed E-state index contributed by atoms with van der Waals surface area (Å²) in [6, 6.07) is 7.53. The number of rotatable bonds is 6. The number of hydrogen-bond acceptors (Lipinski definition) is 4. The molecule has 0 aliphatic carbocycles. The number of piperidine rings is 1. The van der Waals surface area contributed by atoms with Crippen molar-refractivity contribution in [2.75, 3.05) is 38.0 Å². The zero-order valence-corrected chi connectivity index (χ0v) is 18.0. The Balaban J connectivity index is 0.00000196. The molecule has 2 fully saturated rings. The van der Waals surface area contributed by atoms with Gasteiger partial charge in [-0.05, 0) is 76.5 Å². The molecule has 1 aromatic carbocycles. The average molecular weight is 431 g/mol. The van der Waals surface area contributed by atoms with Crippen molar-refractivity contribution >= 4 is 42.3 Å². The normalized spacial score (nSPS) is 21.9. The minimum Gasteiger partial charge on any atom is -0.351 e. The van der Waals surface area contributed by atoms with Crippen molar-refractivity contribution < 1.29 is 9.59 Å². The molecule has 28 heavy (non-hydrogen) atoms. The minimum atomic E-state index is -0.0609. The van der Waals surface area contributed by atoms with E-state index in [1.807, 2.05) is 0 Å². The van der Waals surface area contributed by atoms with Crippen molar-refractivity contribution in [1.29, 1.82) is 0 Å². The second-order valence-electron chi connectivity index (χ2n) is 7.45. The van der Waals surface area contributed by atoms with E-state index in [9.17, 15) is 9.59 Å². The molecular weight excluding hydrogens is 399 g/mol. The maximum Gasteiger partial charge on any atom is 0.251 e. The van der Waals surface area contributed by atoms with Gasteiger partial charge >= 0.3 is 0 Å². The van der Waals surface area contributed by atoms with Crippen molar-refractivity contribution in [3.63, 3.8) is 0 Å². The Labute approximate surface area is 180 Å². The lowest BCUT2D eigenvalue weighted by atomic mass is 9.92. The Bertz CT molecular complexity index is 621. The topological polar surface area (TPSA) is 73.5 Å². The molecule has 6 nitrogen and oxygen atoms in total. The first kappa shape index (κ1) is 24.7. The van der Waals surface area contributed by atoms with E-state index in [2.05, 4.69) is 27.8 Å². The fraction of sp³-hybridized carbons (Fsp3) is 0.600. The van der Waals surface area contributed by atoms with Crippen LogP contribution < -0.4 is 16.0 Å². The summed E-state index contributed by atoms with van der Waals surface area (Å²) >= 11 is 0. The number of nitrogens with one attached hydrogen (secondary N) is 3. The molecule has 2 aliphatic rings. The van der Waals surface area contributed by atoms with Crippen LogP contribution in [0, 0.1) is 5.92 Å². The van der Waals surface area contributed by atoms with E-state index >= 15 is 0 Å². The summed E-state index contributed by atoms with van der Waals surface area (Å²) in [6.45, 7) is 6.85. The van der Waals surface area contributed by atoms with E-state index in [1.54, 1.807) is 24.3 Å². The summed E-state index contributed by atoms with van der Waals surface area (Å²) < 4.78 is 0. The monoisotopic (exact) mass is 430 g/mol. The molecule has 2 heterocycles. The molecule has 3 N–H and O–H groups in total. The van der Waals surface area contributed by atoms with Gasteiger partial charge in [0.25, 0.3) is 5.91 Å². The van der Waals surface area contributed by atoms with Crippen molar-refractivity contribution in [2.45, 2.75) is 38.6 Å². The summed E-state index contributed by atoms with van der Waals surface area (Å²) in [5.41, 5.74) is 1.37. The smallest absolute Gasteiger partial charge is 0.251 e. The van der Waals surface area contributed by atoms with Gasteiger partial charge in [-0.1, -0.05) is 0 Å². The van der Waals surface area contributed by atoms with Gasteiger partial charge in [0.15, 0.2) is 0 Å². The number of anilines is 1. The van der Waals surface area contributed by atoms with E-state index < -0.39 is 0 Å². The molecule has 0 unspecified atom stereocenters. The molecule has 1 aromatic rings. The van der Waals surface area contributed by atoms with Crippen molar-refractivity contribution in [3.8, 4) is 0 Å². The standard InChI is InChI=1S/C20H30N4O2.2ClH/c1-15-14-17(8-9-21-15)20(26)23-18-6-4-16(5-7-18)19(25)22-10-13-24-11-2-3-12-24;;/h4-7,15,17,21H,2-3,8-14H2,1H3,(H,22,25)(H,23,26);2*1H/t15-,17-;;/m0../s1. The molecule has 2 atom stereocenters. The average Bonchev–Trinajstić information content (AvgIpc) is 3.15. The highest BCUT2D eigenvalue weighted by atomic mass is 35.5. The van der Waals surface area contributed by atoms with Crippen LogP contribution in [0.25, 0.3) is 0 Å². The fourth-order valence-electron chi connectivity index (χ4n) is 3.76. The molecule has 2 amide bonds. The number of carbonyl (C=O) groups is 2. The number of amides is 2. The number of likely N-dealkylation sites (tertiary alicyclic amines) is 1. The Kier molecular flexibility index (Phi) is 10.8. The number of benzene rings is 1. The molecule has 0 saturated carbocycles. The van der Waals surface area contributed by atoms with Crippen LogP contribution >= 0.6 is 24.8 Å². The largest absolute Gasteiger partial charge is 0.351 e. The highest BCUT2D eigenvalue weighted by Gasteiger charge is 2.24. The molecule has 0 radical (unpaired) electrons. The molecule has 2 saturated heterocycles. The van der Waals surface area contributed by atoms with Crippen LogP contribution in [0.5, 0.6) is 0 Å². The molecule has 0 aromatic heterocycles. The van der Waals surface area contributed by atoms with Gasteiger partial charge in [0.2, 0.25) is 5.91 Å². The van der Waals surface area contributed by atoms with E-state index in [0.717, 1.165) is 44.7 Å². The first-order valence-corrected chi connectivity index (χ1v) is 9.76. The minimum absolute atomic E-state index is 0. The molecule has 3 rings (SSSR count). The molecule has 0 spiro atoms. The number of halogens is 2. The lowest BCUT2D eigenvalue weighted by Gasteiger charge is -2.27. The van der Waals surface area contributed by atoms with Crippen LogP contribution in [0.4, 0.5) is 5.69 Å². The van der Waals surface area contributed by atoms with Gasteiger partial charge < -0.3 is 20.9 Å². The van der Waals surface area contributed by atoms with E-state index in [-0.39, 0.29) is 42.5 Å². The Hall–Kier alpha value is -1.34. The Morgan fingerprint density at radius 3 is 2.46 bits per heavy atom. The second-order valence-corrected chi connectivity index (χ2v) is 7.45. The van der Waals surface area contributed by atoms with Gasteiger partial charge in [0, 0.05) is 36.3 Å². The van der Waals surface area contributed by atoms with Crippen LogP contribution in [0.3, 0.4) is 0 Å². The quantitative estimate of drug-likeness (QED) is 0.648. The lowest BCUT2D eigenvalue weighted by molar-refractivity contribution is -0.120. The number of nitrogens with zero attached hydrogens (tertiary/aromatic N) is 1. The van der Waals surface area contributed by atoms with E-state index in [0.29, 0.717) is 18.2 Å². The summed E-state index contributed by atoms with van der Waals surface area (Å²) in [5.74, 6) is 0.0650. The van der Waals surface area contributed by atoms with Crippen LogP contribution in [-0.2, 0) is 4.79 Å². The zero-order valence-electron chi connectivity index (χ0n) is 16.4. The molecule has 2 aliphatic heterocycles. The summed E-state index contributed by atoms with van der Waals surface area (Å²) in [7, 11) is 0. The molecule has 0 bridgehead atoms. The third kappa shape index (κ3) is 7.24. The van der Waals surface area contributed by atoms with E-state index in [1.165, 1.54) is 12.8 Å². The zero-order chi connectivity index (χ0) is 18.4. The van der Waals surface area contributed by atoms with Crippen LogP contribution in [0.15, 0.2) is 24.3 Å². The van der Waals surface area contributed by atoms with Crippen LogP contribution in [0.2, 0.25) is 0 Å². The van der Waals surface area contributed by atoms with E-state index in [4.69, 9.17) is 0 Å². The predicted molar refractivity (Wildman–Crippen MR) is 118 cm³/mol. The molecule has 158 valence electrons. The first-order valence-electron chi connectivity index (χ1n) is 9.76. The third-order valence-electron chi connectivity index (χ3n) is 5.32. The number of hydrogen-bond donors (Lipinski definition) is 3. The van der Waals surface area contributed by atoms with Gasteiger partial charge in [0.05, 0.1) is 0 Å². The van der Waals surface area contributed by atoms with Crippen molar-refractivity contribution in [1.82, 2.24) is 15.5 Å². The van der Waals surface area contributed by atoms with Gasteiger partial charge in [-0.25, -0.2) is 0 Å². The summed E-state index contributed by atoms with van der Waals surface area (Å²) in [6.07, 6.45) is 4.26. The Morgan fingerprint density at radius 2 is 1.82 bits per heavy atom. The van der Waals surface area contributed by atoms with Gasteiger partial charge in [-0.2, -0.15) is 0 Å². The van der Waals surface area contributed by atoms with Gasteiger partial charge in [-0.3, -0.25) is 9.59 Å². The van der Waals surface area contributed by atoms with Gasteiger partial charge in [-0.15, -0.1) is 24.8 Å². The second kappa shape index (κ2) is 12.3. The Morgan fingerprint density at radius 1 is 1.14 bits per heavy atom. The van der Waals surface area contributed by atoms with Crippen molar-refractivity contribution in [3.05, 3.63) is 29.8 Å². The van der Waals surface area contributed by atoms with Crippen molar-refractivity contribution in [2.24, 2.45) is 5.92 Å². The fourth-order valence-corrected chi connectivity index (χ4v) is 3.76. The lowest BCUT2D eigenvalue weighted by Crippen LogP contribution is -2.40. The number of carbonyl (C=O) groups excluding carboxylic acids is 2. The predicted octanol–water partition coefficient (Wildman–Crippen LogP) is 2.68. The maximum absolute atomic E-state index is 12.4. The van der Waals surface area contributed by atoms with Crippen LogP contribution in [0.1, 0.15) is 43.0 Å². The maximum atomic E-state index is 12.4. The highest BCUT2D eigenvalue weighted by molar-refractivity contribution is 5.96. The highest BCUT2D eigenvalue weighted by Crippen LogP contribution is 2.19. The summed E-state index contributed by atoms with van der Waals surface area (Å²) in [4.78, 5) is 27.0. The first-order chi connectivity index (χ1) is 12.6. The molecule has 8 heteroatoms. The molecular formula is C20H32Cl2N4O2. The van der Waals surface area contributed by atoms with Gasteiger partial charge in [0.1, 0.15) is 0 Å².